The first-order chi connectivity index (χ1) is 20.5. The Balaban J connectivity index is 2.22. The van der Waals surface area contributed by atoms with E-state index in [1.54, 1.807) is 41.5 Å². The average Bonchev–Trinajstić information content (AvgIpc) is 3.54. The zero-order chi connectivity index (χ0) is 33.0. The molecule has 0 saturated carbocycles. The molecule has 0 aromatic heterocycles. The van der Waals surface area contributed by atoms with Gasteiger partial charge in [0.25, 0.3) is 0 Å². The van der Waals surface area contributed by atoms with Crippen molar-refractivity contribution in [1.82, 2.24) is 0 Å². The zero-order valence-electron chi connectivity index (χ0n) is 27.0. The van der Waals surface area contributed by atoms with Crippen molar-refractivity contribution in [2.24, 2.45) is 10.8 Å². The number of carbonyl (C=O) groups is 2. The normalized spacial score (nSPS) is 14.3. The minimum Gasteiger partial charge on any atom is -0.489 e. The van der Waals surface area contributed by atoms with Crippen LogP contribution in [0.4, 0.5) is 0 Å². The Hall–Kier alpha value is -2.06. The number of ketones is 2. The van der Waals surface area contributed by atoms with E-state index in [2.05, 4.69) is 12.1 Å². The molecule has 1 aromatic carbocycles. The van der Waals surface area contributed by atoms with E-state index in [9.17, 15) is 20.1 Å². The maximum atomic E-state index is 13.3. The summed E-state index contributed by atoms with van der Waals surface area (Å²) >= 11 is 5.22. The number of nitriles is 2. The second-order valence-electron chi connectivity index (χ2n) is 12.6. The molecule has 0 saturated heterocycles. The van der Waals surface area contributed by atoms with E-state index >= 15 is 0 Å². The molecular weight excluding hydrogens is 637 g/mol. The van der Waals surface area contributed by atoms with Crippen LogP contribution in [0.1, 0.15) is 69.2 Å². The van der Waals surface area contributed by atoms with Gasteiger partial charge < -0.3 is 18.9 Å². The highest BCUT2D eigenvalue weighted by Gasteiger charge is 2.41. The Labute approximate surface area is 278 Å². The third kappa shape index (κ3) is 8.60. The van der Waals surface area contributed by atoms with Crippen molar-refractivity contribution in [1.29, 1.82) is 10.5 Å². The number of benzene rings is 1. The highest BCUT2D eigenvalue weighted by molar-refractivity contribution is 8.26. The first kappa shape index (κ1) is 36.4. The van der Waals surface area contributed by atoms with Gasteiger partial charge >= 0.3 is 0 Å². The van der Waals surface area contributed by atoms with Crippen LogP contribution in [-0.2, 0) is 19.1 Å². The summed E-state index contributed by atoms with van der Waals surface area (Å²) in [6.07, 6.45) is 0.0574. The van der Waals surface area contributed by atoms with Gasteiger partial charge in [-0.05, 0) is 27.7 Å². The average molecular weight is 677 g/mol. The van der Waals surface area contributed by atoms with Crippen LogP contribution < -0.4 is 9.47 Å². The number of hydrogen-bond acceptors (Lipinski definition) is 12. The van der Waals surface area contributed by atoms with Gasteiger partial charge in [-0.25, -0.2) is 0 Å². The molecule has 0 aliphatic carbocycles. The third-order valence-electron chi connectivity index (χ3n) is 6.03. The molecule has 2 aliphatic heterocycles. The largest absolute Gasteiger partial charge is 0.489 e. The van der Waals surface area contributed by atoms with Crippen LogP contribution in [0, 0.1) is 33.5 Å². The summed E-state index contributed by atoms with van der Waals surface area (Å²) in [5.41, 5.74) is -1.30. The SMILES string of the molecule is CC(C)OCCOc1c2c(c(OCCOC(C)C)c3c1SC(=C(C#N)C(=O)C(C)(C)C)S3)SC(=C(C#N)C(=O)C(C)(C)C)S2. The summed E-state index contributed by atoms with van der Waals surface area (Å²) in [4.78, 5) is 29.4. The number of Topliss-reactive ketones (excluding diaryl/α,β-unsaturated/α-hetero) is 2. The summed E-state index contributed by atoms with van der Waals surface area (Å²) in [7, 11) is 0. The van der Waals surface area contributed by atoms with E-state index in [-0.39, 0.29) is 48.1 Å². The number of rotatable bonds is 12. The highest BCUT2D eigenvalue weighted by Crippen LogP contribution is 2.68. The smallest absolute Gasteiger partial charge is 0.180 e. The minimum absolute atomic E-state index is 0.0287. The van der Waals surface area contributed by atoms with Gasteiger partial charge in [-0.1, -0.05) is 88.6 Å². The quantitative estimate of drug-likeness (QED) is 0.120. The van der Waals surface area contributed by atoms with E-state index in [0.29, 0.717) is 33.2 Å². The van der Waals surface area contributed by atoms with Gasteiger partial charge in [0.05, 0.1) is 53.5 Å². The number of carbonyl (C=O) groups excluding carboxylic acids is 2. The fourth-order valence-electron chi connectivity index (χ4n) is 3.85. The van der Waals surface area contributed by atoms with Crippen molar-refractivity contribution in [3.05, 3.63) is 19.6 Å². The molecule has 2 heterocycles. The molecule has 44 heavy (non-hydrogen) atoms. The lowest BCUT2D eigenvalue weighted by atomic mass is 9.87. The van der Waals surface area contributed by atoms with Crippen molar-refractivity contribution >= 4 is 58.6 Å². The van der Waals surface area contributed by atoms with Crippen LogP contribution in [0.5, 0.6) is 11.5 Å². The zero-order valence-corrected chi connectivity index (χ0v) is 30.2. The van der Waals surface area contributed by atoms with E-state index < -0.39 is 10.8 Å². The number of thioether (sulfide) groups is 4. The van der Waals surface area contributed by atoms with E-state index in [1.165, 1.54) is 47.0 Å². The maximum absolute atomic E-state index is 13.3. The third-order valence-corrected chi connectivity index (χ3v) is 11.2. The number of ether oxygens (including phenoxy) is 4. The molecule has 0 unspecified atom stereocenters. The Bertz CT molecular complexity index is 1300. The first-order valence-corrected chi connectivity index (χ1v) is 17.6. The van der Waals surface area contributed by atoms with Crippen LogP contribution >= 0.6 is 47.0 Å². The predicted octanol–water partition coefficient (Wildman–Crippen LogP) is 8.39. The van der Waals surface area contributed by atoms with Crippen molar-refractivity contribution in [2.75, 3.05) is 26.4 Å². The van der Waals surface area contributed by atoms with E-state index in [4.69, 9.17) is 18.9 Å². The van der Waals surface area contributed by atoms with Crippen molar-refractivity contribution in [2.45, 2.75) is 101 Å². The van der Waals surface area contributed by atoms with Crippen LogP contribution in [0.2, 0.25) is 0 Å². The molecule has 2 aliphatic rings. The van der Waals surface area contributed by atoms with E-state index in [0.717, 1.165) is 19.6 Å². The Morgan fingerprint density at radius 3 is 1.14 bits per heavy atom. The predicted molar refractivity (Wildman–Crippen MR) is 177 cm³/mol. The molecule has 238 valence electrons. The topological polar surface area (TPSA) is 119 Å². The number of hydrogen-bond donors (Lipinski definition) is 0. The maximum Gasteiger partial charge on any atom is 0.180 e. The van der Waals surface area contributed by atoms with Gasteiger partial charge in [0.1, 0.15) is 48.0 Å². The summed E-state index contributed by atoms with van der Waals surface area (Å²) in [5.74, 6) is 0.608. The second-order valence-corrected chi connectivity index (χ2v) is 17.2. The summed E-state index contributed by atoms with van der Waals surface area (Å²) in [6.45, 7) is 19.7. The van der Waals surface area contributed by atoms with Crippen LogP contribution in [0.15, 0.2) is 39.2 Å². The van der Waals surface area contributed by atoms with Gasteiger partial charge in [-0.2, -0.15) is 10.5 Å². The van der Waals surface area contributed by atoms with Crippen molar-refractivity contribution < 1.29 is 28.5 Å². The van der Waals surface area contributed by atoms with E-state index in [1.807, 2.05) is 27.7 Å². The molecule has 3 rings (SSSR count). The van der Waals surface area contributed by atoms with Crippen LogP contribution in [-0.4, -0.2) is 50.2 Å². The van der Waals surface area contributed by atoms with Gasteiger partial charge in [-0.3, -0.25) is 9.59 Å². The molecule has 12 heteroatoms. The molecule has 0 N–H and O–H groups in total. The molecule has 0 bridgehead atoms. The lowest BCUT2D eigenvalue weighted by Gasteiger charge is -2.18. The first-order valence-electron chi connectivity index (χ1n) is 14.3. The molecule has 0 radical (unpaired) electrons. The fraction of sp³-hybridized carbons (Fsp3) is 0.562. The summed E-state index contributed by atoms with van der Waals surface area (Å²) < 4.78 is 25.3. The molecule has 0 fully saturated rings. The van der Waals surface area contributed by atoms with Crippen LogP contribution in [0.25, 0.3) is 0 Å². The van der Waals surface area contributed by atoms with Gasteiger partial charge in [-0.15, -0.1) is 0 Å². The minimum atomic E-state index is -0.741. The number of fused-ring (bicyclic) bond motifs is 2. The summed E-state index contributed by atoms with van der Waals surface area (Å²) in [6, 6.07) is 4.28. The molecular formula is C32H40N2O6S4. The highest BCUT2D eigenvalue weighted by atomic mass is 32.2. The fourth-order valence-corrected chi connectivity index (χ4v) is 9.27. The Morgan fingerprint density at radius 2 is 0.909 bits per heavy atom. The molecule has 8 nitrogen and oxygen atoms in total. The van der Waals surface area contributed by atoms with Gasteiger partial charge in [0.15, 0.2) is 11.6 Å². The molecule has 0 amide bonds. The second kappa shape index (κ2) is 15.0. The standard InChI is InChI=1S/C32H40N2O6S4/c1-17(2)37-11-13-39-21-23-25(43-29(41-23)19(15-33)27(35)31(5,6)7)22(40-14-12-38-18(3)4)26-24(21)42-30(44-26)20(16-34)28(36)32(8,9)10/h17-18H,11-14H2,1-10H3. The van der Waals surface area contributed by atoms with Gasteiger partial charge in [0.2, 0.25) is 0 Å². The monoisotopic (exact) mass is 676 g/mol. The van der Waals surface area contributed by atoms with Crippen molar-refractivity contribution in [3.63, 3.8) is 0 Å². The number of allylic oxidation sites excluding steroid dienone is 2. The Kier molecular flexibility index (Phi) is 12.4. The lowest BCUT2D eigenvalue weighted by Crippen LogP contribution is -2.21. The lowest BCUT2D eigenvalue weighted by molar-refractivity contribution is -0.122. The number of nitrogens with zero attached hydrogens (tertiary/aromatic N) is 2. The molecule has 1 aromatic rings. The van der Waals surface area contributed by atoms with Crippen molar-refractivity contribution in [3.8, 4) is 23.6 Å². The summed E-state index contributed by atoms with van der Waals surface area (Å²) in [5, 5.41) is 20.1. The van der Waals surface area contributed by atoms with Gasteiger partial charge in [0, 0.05) is 10.8 Å². The van der Waals surface area contributed by atoms with Crippen LogP contribution in [0.3, 0.4) is 0 Å². The molecule has 0 spiro atoms. The Morgan fingerprint density at radius 1 is 0.614 bits per heavy atom. The molecule has 0 atom stereocenters.